The van der Waals surface area contributed by atoms with Crippen LogP contribution < -0.4 is 0 Å². The average Bonchev–Trinajstić information content (AvgIpc) is 3.04. The Kier molecular flexibility index (Phi) is 4.92. The number of likely N-dealkylation sites (tertiary alicyclic amines) is 1. The molecule has 0 radical (unpaired) electrons. The number of rotatable bonds is 3. The largest absolute Gasteiger partial charge is 0.332 e. The van der Waals surface area contributed by atoms with E-state index in [1.54, 1.807) is 0 Å². The van der Waals surface area contributed by atoms with E-state index in [0.29, 0.717) is 0 Å². The van der Waals surface area contributed by atoms with Crippen LogP contribution in [0.15, 0.2) is 36.4 Å². The van der Waals surface area contributed by atoms with E-state index < -0.39 is 0 Å². The Hall–Kier alpha value is -2.69. The summed E-state index contributed by atoms with van der Waals surface area (Å²) in [5.74, 6) is 0.0930. The zero-order valence-corrected chi connectivity index (χ0v) is 17.1. The highest BCUT2D eigenvalue weighted by Gasteiger charge is 2.31. The molecule has 1 amide bonds. The summed E-state index contributed by atoms with van der Waals surface area (Å²) < 4.78 is 1.93. The summed E-state index contributed by atoms with van der Waals surface area (Å²) in [6, 6.07) is 12.7. The van der Waals surface area contributed by atoms with Gasteiger partial charge in [0.2, 0.25) is 0 Å². The SMILES string of the molecule is Cc1cc(C(=O)N2CCCC[C@H]2c2ccccc2)c2c(C)nn(C(C)C)c2n1. The minimum absolute atomic E-state index is 0.0930. The Labute approximate surface area is 166 Å². The van der Waals surface area contributed by atoms with Crippen molar-refractivity contribution in [2.75, 3.05) is 6.54 Å². The lowest BCUT2D eigenvalue weighted by Gasteiger charge is -2.36. The molecule has 28 heavy (non-hydrogen) atoms. The van der Waals surface area contributed by atoms with Crippen molar-refractivity contribution in [2.45, 2.75) is 59.0 Å². The van der Waals surface area contributed by atoms with Crippen LogP contribution >= 0.6 is 0 Å². The lowest BCUT2D eigenvalue weighted by atomic mass is 9.94. The summed E-state index contributed by atoms with van der Waals surface area (Å²) in [6.07, 6.45) is 3.21. The van der Waals surface area contributed by atoms with Gasteiger partial charge in [-0.25, -0.2) is 9.67 Å². The number of benzene rings is 1. The molecule has 3 heterocycles. The number of aryl methyl sites for hydroxylation is 2. The molecule has 3 aromatic rings. The van der Waals surface area contributed by atoms with Gasteiger partial charge < -0.3 is 4.90 Å². The van der Waals surface area contributed by atoms with E-state index in [2.05, 4.69) is 48.1 Å². The molecule has 2 aromatic heterocycles. The number of hydrogen-bond donors (Lipinski definition) is 0. The molecule has 1 fully saturated rings. The van der Waals surface area contributed by atoms with Crippen molar-refractivity contribution >= 4 is 16.9 Å². The average molecular weight is 377 g/mol. The summed E-state index contributed by atoms with van der Waals surface area (Å²) in [7, 11) is 0. The zero-order chi connectivity index (χ0) is 19.8. The van der Waals surface area contributed by atoms with E-state index in [1.807, 2.05) is 30.7 Å². The van der Waals surface area contributed by atoms with Crippen molar-refractivity contribution in [3.63, 3.8) is 0 Å². The van der Waals surface area contributed by atoms with E-state index in [4.69, 9.17) is 4.98 Å². The van der Waals surface area contributed by atoms with Gasteiger partial charge in [0.25, 0.3) is 5.91 Å². The van der Waals surface area contributed by atoms with Crippen LogP contribution in [0, 0.1) is 13.8 Å². The van der Waals surface area contributed by atoms with Crippen molar-refractivity contribution in [2.24, 2.45) is 0 Å². The van der Waals surface area contributed by atoms with Gasteiger partial charge >= 0.3 is 0 Å². The molecule has 146 valence electrons. The van der Waals surface area contributed by atoms with Gasteiger partial charge in [0, 0.05) is 18.3 Å². The van der Waals surface area contributed by atoms with Crippen molar-refractivity contribution in [1.29, 1.82) is 0 Å². The van der Waals surface area contributed by atoms with Gasteiger partial charge in [-0.3, -0.25) is 4.79 Å². The first kappa shape index (κ1) is 18.7. The Morgan fingerprint density at radius 3 is 2.61 bits per heavy atom. The van der Waals surface area contributed by atoms with Gasteiger partial charge in [-0.05, 0) is 58.6 Å². The Bertz CT molecular complexity index is 1010. The molecule has 1 aliphatic heterocycles. The maximum Gasteiger partial charge on any atom is 0.255 e. The van der Waals surface area contributed by atoms with Gasteiger partial charge in [-0.1, -0.05) is 30.3 Å². The standard InChI is InChI=1S/C23H28N4O/c1-15(2)27-22-21(17(4)25-27)19(14-16(3)24-22)23(28)26-13-9-8-12-20(26)18-10-6-5-7-11-18/h5-7,10-11,14-15,20H,8-9,12-13H2,1-4H3/t20-/m0/s1. The minimum Gasteiger partial charge on any atom is -0.332 e. The number of amides is 1. The van der Waals surface area contributed by atoms with Gasteiger partial charge in [0.1, 0.15) is 0 Å². The normalized spacial score (nSPS) is 17.5. The third kappa shape index (κ3) is 3.19. The van der Waals surface area contributed by atoms with Crippen LogP contribution in [-0.2, 0) is 0 Å². The highest BCUT2D eigenvalue weighted by atomic mass is 16.2. The molecule has 4 rings (SSSR count). The van der Waals surface area contributed by atoms with Crippen LogP contribution in [0.25, 0.3) is 11.0 Å². The molecule has 1 aromatic carbocycles. The molecular weight excluding hydrogens is 348 g/mol. The molecule has 0 spiro atoms. The maximum atomic E-state index is 13.7. The minimum atomic E-state index is 0.0930. The van der Waals surface area contributed by atoms with Gasteiger partial charge in [0.15, 0.2) is 5.65 Å². The first-order valence-electron chi connectivity index (χ1n) is 10.2. The highest BCUT2D eigenvalue weighted by molar-refractivity contribution is 6.06. The molecule has 0 unspecified atom stereocenters. The number of nitrogens with zero attached hydrogens (tertiary/aromatic N) is 4. The quantitative estimate of drug-likeness (QED) is 0.646. The van der Waals surface area contributed by atoms with E-state index in [9.17, 15) is 4.79 Å². The van der Waals surface area contributed by atoms with Crippen LogP contribution in [0.5, 0.6) is 0 Å². The van der Waals surface area contributed by atoms with Gasteiger partial charge in [-0.15, -0.1) is 0 Å². The zero-order valence-electron chi connectivity index (χ0n) is 17.1. The fourth-order valence-corrected chi connectivity index (χ4v) is 4.32. The summed E-state index contributed by atoms with van der Waals surface area (Å²) in [5, 5.41) is 5.57. The summed E-state index contributed by atoms with van der Waals surface area (Å²) in [6.45, 7) is 8.90. The molecule has 0 N–H and O–H groups in total. The van der Waals surface area contributed by atoms with E-state index in [-0.39, 0.29) is 18.0 Å². The number of piperidine rings is 1. The predicted octanol–water partition coefficient (Wildman–Crippen LogP) is 5.00. The van der Waals surface area contributed by atoms with E-state index in [1.165, 1.54) is 5.56 Å². The number of carbonyl (C=O) groups excluding carboxylic acids is 1. The van der Waals surface area contributed by atoms with Crippen molar-refractivity contribution in [1.82, 2.24) is 19.7 Å². The summed E-state index contributed by atoms with van der Waals surface area (Å²) in [4.78, 5) is 20.5. The molecule has 0 saturated carbocycles. The van der Waals surface area contributed by atoms with Crippen LogP contribution in [0.1, 0.15) is 72.5 Å². The molecular formula is C23H28N4O. The lowest BCUT2D eigenvalue weighted by Crippen LogP contribution is -2.38. The van der Waals surface area contributed by atoms with E-state index in [0.717, 1.165) is 53.8 Å². The van der Waals surface area contributed by atoms with Crippen LogP contribution in [-0.4, -0.2) is 32.1 Å². The Morgan fingerprint density at radius 1 is 1.14 bits per heavy atom. The molecule has 1 saturated heterocycles. The highest BCUT2D eigenvalue weighted by Crippen LogP contribution is 2.34. The van der Waals surface area contributed by atoms with Crippen LogP contribution in [0.4, 0.5) is 0 Å². The number of carbonyl (C=O) groups is 1. The second kappa shape index (κ2) is 7.38. The third-order valence-electron chi connectivity index (χ3n) is 5.63. The van der Waals surface area contributed by atoms with Crippen molar-refractivity contribution in [3.05, 3.63) is 58.9 Å². The fourth-order valence-electron chi connectivity index (χ4n) is 4.32. The molecule has 5 heteroatoms. The van der Waals surface area contributed by atoms with Crippen LogP contribution in [0.3, 0.4) is 0 Å². The second-order valence-corrected chi connectivity index (χ2v) is 8.05. The number of pyridine rings is 1. The Balaban J connectivity index is 1.82. The van der Waals surface area contributed by atoms with E-state index >= 15 is 0 Å². The Morgan fingerprint density at radius 2 is 1.89 bits per heavy atom. The predicted molar refractivity (Wildman–Crippen MR) is 111 cm³/mol. The van der Waals surface area contributed by atoms with Gasteiger partial charge in [-0.2, -0.15) is 5.10 Å². The monoisotopic (exact) mass is 376 g/mol. The molecule has 1 atom stereocenters. The lowest BCUT2D eigenvalue weighted by molar-refractivity contribution is 0.0613. The molecule has 0 aliphatic carbocycles. The first-order valence-corrected chi connectivity index (χ1v) is 10.2. The first-order chi connectivity index (χ1) is 13.5. The van der Waals surface area contributed by atoms with Crippen LogP contribution in [0.2, 0.25) is 0 Å². The number of hydrogen-bond acceptors (Lipinski definition) is 3. The second-order valence-electron chi connectivity index (χ2n) is 8.05. The summed E-state index contributed by atoms with van der Waals surface area (Å²) >= 11 is 0. The van der Waals surface area contributed by atoms with Gasteiger partial charge in [0.05, 0.1) is 22.7 Å². The smallest absolute Gasteiger partial charge is 0.255 e. The molecule has 0 bridgehead atoms. The summed E-state index contributed by atoms with van der Waals surface area (Å²) in [5.41, 5.74) is 4.48. The number of aromatic nitrogens is 3. The van der Waals surface area contributed by atoms with Crippen molar-refractivity contribution in [3.8, 4) is 0 Å². The number of fused-ring (bicyclic) bond motifs is 1. The molecule has 5 nitrogen and oxygen atoms in total. The topological polar surface area (TPSA) is 51.0 Å². The van der Waals surface area contributed by atoms with Crippen molar-refractivity contribution < 1.29 is 4.79 Å². The maximum absolute atomic E-state index is 13.7. The molecule has 1 aliphatic rings. The fraction of sp³-hybridized carbons (Fsp3) is 0.435. The third-order valence-corrected chi connectivity index (χ3v) is 5.63.